The Balaban J connectivity index is 1.61. The molecule has 2 N–H and O–H groups in total. The quantitative estimate of drug-likeness (QED) is 0.141. The van der Waals surface area contributed by atoms with Gasteiger partial charge in [0.05, 0.1) is 12.8 Å². The van der Waals surface area contributed by atoms with Gasteiger partial charge in [0.1, 0.15) is 0 Å². The van der Waals surface area contributed by atoms with E-state index in [2.05, 4.69) is 15.8 Å². The van der Waals surface area contributed by atoms with Crippen LogP contribution >= 0.6 is 0 Å². The summed E-state index contributed by atoms with van der Waals surface area (Å²) in [4.78, 5) is 36.0. The van der Waals surface area contributed by atoms with Crippen LogP contribution in [-0.2, 0) is 9.59 Å². The van der Waals surface area contributed by atoms with Gasteiger partial charge in [-0.15, -0.1) is 0 Å². The molecule has 2 amide bonds. The number of hydrogen-bond acceptors (Lipinski definition) is 6. The molecular formula is C28H27N3O5. The van der Waals surface area contributed by atoms with E-state index >= 15 is 0 Å². The van der Waals surface area contributed by atoms with Crippen molar-refractivity contribution in [1.29, 1.82) is 0 Å². The SMILES string of the molecule is CCOc1cc(/C=N/NC(=O)c2ccc(NC(=O)CC)cc2)ccc1OC(=O)/C=C/c1ccccc1. The molecule has 0 aliphatic carbocycles. The van der Waals surface area contributed by atoms with E-state index in [1.807, 2.05) is 37.3 Å². The van der Waals surface area contributed by atoms with Crippen molar-refractivity contribution in [3.8, 4) is 11.5 Å². The number of nitrogens with zero attached hydrogens (tertiary/aromatic N) is 1. The molecule has 0 aromatic heterocycles. The first-order chi connectivity index (χ1) is 17.5. The minimum Gasteiger partial charge on any atom is -0.490 e. The summed E-state index contributed by atoms with van der Waals surface area (Å²) in [6.07, 6.45) is 4.84. The third-order valence-corrected chi connectivity index (χ3v) is 4.82. The summed E-state index contributed by atoms with van der Waals surface area (Å²) in [6.45, 7) is 3.95. The summed E-state index contributed by atoms with van der Waals surface area (Å²) in [5, 5.41) is 6.71. The van der Waals surface area contributed by atoms with Crippen LogP contribution in [0.1, 0.15) is 41.8 Å². The lowest BCUT2D eigenvalue weighted by molar-refractivity contribution is -0.129. The van der Waals surface area contributed by atoms with Crippen LogP contribution in [0.15, 0.2) is 84.0 Å². The van der Waals surface area contributed by atoms with Gasteiger partial charge < -0.3 is 14.8 Å². The van der Waals surface area contributed by atoms with E-state index in [1.54, 1.807) is 55.5 Å². The first kappa shape index (κ1) is 25.9. The Hall–Kier alpha value is -4.72. The lowest BCUT2D eigenvalue weighted by Crippen LogP contribution is -2.17. The third-order valence-electron chi connectivity index (χ3n) is 4.82. The number of hydrazone groups is 1. The molecule has 0 bridgehead atoms. The fourth-order valence-corrected chi connectivity index (χ4v) is 3.01. The van der Waals surface area contributed by atoms with Gasteiger partial charge >= 0.3 is 5.97 Å². The van der Waals surface area contributed by atoms with Gasteiger partial charge in [-0.05, 0) is 66.6 Å². The van der Waals surface area contributed by atoms with Crippen molar-refractivity contribution >= 4 is 35.8 Å². The summed E-state index contributed by atoms with van der Waals surface area (Å²) >= 11 is 0. The fraction of sp³-hybridized carbons (Fsp3) is 0.143. The number of ether oxygens (including phenoxy) is 2. The van der Waals surface area contributed by atoms with Gasteiger partial charge in [0.25, 0.3) is 5.91 Å². The molecule has 0 aliphatic rings. The standard InChI is InChI=1S/C28H27N3O5/c1-3-26(32)30-23-14-12-22(13-15-23)28(34)31-29-19-21-10-16-24(25(18-21)35-4-2)36-27(33)17-11-20-8-6-5-7-9-20/h5-19H,3-4H2,1-2H3,(H,30,32)(H,31,34)/b17-11+,29-19+. The lowest BCUT2D eigenvalue weighted by atomic mass is 10.2. The number of carbonyl (C=O) groups excluding carboxylic acids is 3. The minimum atomic E-state index is -0.534. The molecule has 0 aliphatic heterocycles. The van der Waals surface area contributed by atoms with Crippen molar-refractivity contribution in [3.05, 3.63) is 95.6 Å². The summed E-state index contributed by atoms with van der Waals surface area (Å²) in [6, 6.07) is 20.9. The number of anilines is 1. The monoisotopic (exact) mass is 485 g/mol. The highest BCUT2D eigenvalue weighted by Gasteiger charge is 2.10. The highest BCUT2D eigenvalue weighted by Crippen LogP contribution is 2.28. The largest absolute Gasteiger partial charge is 0.490 e. The van der Waals surface area contributed by atoms with Crippen LogP contribution < -0.4 is 20.2 Å². The highest BCUT2D eigenvalue weighted by atomic mass is 16.6. The number of nitrogens with one attached hydrogen (secondary N) is 2. The highest BCUT2D eigenvalue weighted by molar-refractivity contribution is 5.96. The number of carbonyl (C=O) groups is 3. The van der Waals surface area contributed by atoms with Crippen molar-refractivity contribution in [2.24, 2.45) is 5.10 Å². The van der Waals surface area contributed by atoms with Gasteiger partial charge in [-0.25, -0.2) is 10.2 Å². The Labute approximate surface area is 209 Å². The fourth-order valence-electron chi connectivity index (χ4n) is 3.01. The van der Waals surface area contributed by atoms with Crippen LogP contribution in [0.4, 0.5) is 5.69 Å². The maximum atomic E-state index is 12.3. The van der Waals surface area contributed by atoms with Crippen LogP contribution in [0.2, 0.25) is 0 Å². The first-order valence-corrected chi connectivity index (χ1v) is 11.4. The van der Waals surface area contributed by atoms with Crippen molar-refractivity contribution in [3.63, 3.8) is 0 Å². The van der Waals surface area contributed by atoms with E-state index in [0.29, 0.717) is 35.6 Å². The Morgan fingerprint density at radius 2 is 1.64 bits per heavy atom. The molecule has 0 heterocycles. The summed E-state index contributed by atoms with van der Waals surface area (Å²) in [7, 11) is 0. The molecule has 8 heteroatoms. The smallest absolute Gasteiger partial charge is 0.336 e. The lowest BCUT2D eigenvalue weighted by Gasteiger charge is -2.10. The number of amides is 2. The molecule has 8 nitrogen and oxygen atoms in total. The Kier molecular flexibility index (Phi) is 9.52. The average molecular weight is 486 g/mol. The van der Waals surface area contributed by atoms with Crippen LogP contribution in [0.5, 0.6) is 11.5 Å². The number of esters is 1. The molecule has 0 unspecified atom stereocenters. The topological polar surface area (TPSA) is 106 Å². The van der Waals surface area contributed by atoms with Crippen molar-refractivity contribution in [1.82, 2.24) is 5.43 Å². The molecule has 0 atom stereocenters. The zero-order chi connectivity index (χ0) is 25.8. The molecule has 0 spiro atoms. The Bertz CT molecular complexity index is 1250. The van der Waals surface area contributed by atoms with Gasteiger partial charge in [0.15, 0.2) is 11.5 Å². The van der Waals surface area contributed by atoms with Gasteiger partial charge in [0.2, 0.25) is 5.91 Å². The zero-order valence-electron chi connectivity index (χ0n) is 20.1. The Morgan fingerprint density at radius 1 is 0.889 bits per heavy atom. The van der Waals surface area contributed by atoms with E-state index < -0.39 is 11.9 Å². The predicted octanol–water partition coefficient (Wildman–Crippen LogP) is 4.82. The molecule has 3 rings (SSSR count). The van der Waals surface area contributed by atoms with Gasteiger partial charge in [-0.3, -0.25) is 9.59 Å². The molecule has 184 valence electrons. The maximum Gasteiger partial charge on any atom is 0.336 e. The second-order valence-corrected chi connectivity index (χ2v) is 7.48. The van der Waals surface area contributed by atoms with E-state index in [1.165, 1.54) is 12.3 Å². The molecular weight excluding hydrogens is 458 g/mol. The number of hydrogen-bond donors (Lipinski definition) is 2. The van der Waals surface area contributed by atoms with Gasteiger partial charge in [-0.2, -0.15) is 5.10 Å². The van der Waals surface area contributed by atoms with Crippen LogP contribution in [0.25, 0.3) is 6.08 Å². The molecule has 36 heavy (non-hydrogen) atoms. The van der Waals surface area contributed by atoms with Crippen LogP contribution in [0.3, 0.4) is 0 Å². The van der Waals surface area contributed by atoms with Crippen LogP contribution in [0, 0.1) is 0 Å². The van der Waals surface area contributed by atoms with E-state index in [9.17, 15) is 14.4 Å². The molecule has 0 saturated carbocycles. The average Bonchev–Trinajstić information content (AvgIpc) is 2.90. The zero-order valence-corrected chi connectivity index (χ0v) is 20.1. The summed E-state index contributed by atoms with van der Waals surface area (Å²) in [5.74, 6) is -0.392. The number of benzene rings is 3. The normalized spacial score (nSPS) is 10.8. The van der Waals surface area contributed by atoms with Crippen molar-refractivity contribution in [2.75, 3.05) is 11.9 Å². The molecule has 0 fully saturated rings. The predicted molar refractivity (Wildman–Crippen MR) is 139 cm³/mol. The maximum absolute atomic E-state index is 12.3. The van der Waals surface area contributed by atoms with Gasteiger partial charge in [0, 0.05) is 23.7 Å². The second-order valence-electron chi connectivity index (χ2n) is 7.48. The first-order valence-electron chi connectivity index (χ1n) is 11.4. The molecule has 3 aromatic rings. The minimum absolute atomic E-state index is 0.104. The van der Waals surface area contributed by atoms with Crippen LogP contribution in [-0.4, -0.2) is 30.6 Å². The summed E-state index contributed by atoms with van der Waals surface area (Å²) < 4.78 is 11.0. The third kappa shape index (κ3) is 7.95. The number of rotatable bonds is 10. The molecule has 3 aromatic carbocycles. The molecule has 0 radical (unpaired) electrons. The van der Waals surface area contributed by atoms with E-state index in [4.69, 9.17) is 9.47 Å². The van der Waals surface area contributed by atoms with E-state index in [-0.39, 0.29) is 11.7 Å². The van der Waals surface area contributed by atoms with Crippen molar-refractivity contribution in [2.45, 2.75) is 20.3 Å². The second kappa shape index (κ2) is 13.2. The van der Waals surface area contributed by atoms with Crippen molar-refractivity contribution < 1.29 is 23.9 Å². The van der Waals surface area contributed by atoms with E-state index in [0.717, 1.165) is 5.56 Å². The Morgan fingerprint density at radius 3 is 2.33 bits per heavy atom. The summed E-state index contributed by atoms with van der Waals surface area (Å²) in [5.41, 5.74) is 4.98. The molecule has 0 saturated heterocycles. The van der Waals surface area contributed by atoms with Gasteiger partial charge in [-0.1, -0.05) is 37.3 Å².